The van der Waals surface area contributed by atoms with Crippen LogP contribution in [0.3, 0.4) is 0 Å². The van der Waals surface area contributed by atoms with Gasteiger partial charge in [0.2, 0.25) is 15.9 Å². The molecule has 1 fully saturated rings. The van der Waals surface area contributed by atoms with Gasteiger partial charge in [0.1, 0.15) is 0 Å². The van der Waals surface area contributed by atoms with Crippen LogP contribution in [0.15, 0.2) is 12.7 Å². The van der Waals surface area contributed by atoms with Crippen LogP contribution < -0.4 is 5.32 Å². The van der Waals surface area contributed by atoms with Crippen molar-refractivity contribution in [3.05, 3.63) is 12.7 Å². The summed E-state index contributed by atoms with van der Waals surface area (Å²) < 4.78 is 25.5. The number of hydrogen-bond acceptors (Lipinski definition) is 3. The summed E-state index contributed by atoms with van der Waals surface area (Å²) in [6, 6.07) is 0. The van der Waals surface area contributed by atoms with Gasteiger partial charge in [-0.2, -0.15) is 0 Å². The molecule has 1 heterocycles. The first-order valence-corrected chi connectivity index (χ1v) is 8.48. The van der Waals surface area contributed by atoms with Crippen LogP contribution >= 0.6 is 0 Å². The molecule has 0 bridgehead atoms. The molecule has 1 N–H and O–H groups in total. The van der Waals surface area contributed by atoms with Gasteiger partial charge in [0.05, 0.1) is 5.75 Å². The van der Waals surface area contributed by atoms with Gasteiger partial charge < -0.3 is 5.32 Å². The lowest BCUT2D eigenvalue weighted by atomic mass is 9.97. The van der Waals surface area contributed by atoms with Gasteiger partial charge in [0, 0.05) is 25.6 Å². The molecule has 0 aliphatic carbocycles. The third-order valence-electron chi connectivity index (χ3n) is 3.39. The van der Waals surface area contributed by atoms with Gasteiger partial charge in [-0.25, -0.2) is 12.7 Å². The summed E-state index contributed by atoms with van der Waals surface area (Å²) in [5.41, 5.74) is 0. The average molecular weight is 288 g/mol. The van der Waals surface area contributed by atoms with Gasteiger partial charge in [-0.05, 0) is 19.3 Å². The minimum Gasteiger partial charge on any atom is -0.352 e. The van der Waals surface area contributed by atoms with E-state index in [2.05, 4.69) is 11.9 Å². The van der Waals surface area contributed by atoms with Gasteiger partial charge >= 0.3 is 0 Å². The fourth-order valence-corrected chi connectivity index (χ4v) is 3.85. The molecule has 1 saturated heterocycles. The standard InChI is InChI=1S/C13H24N2O3S/c1-3-5-11-19(17,18)15-9-6-12(7-10-15)13(16)14-8-4-2/h4,12H,2-3,5-11H2,1H3,(H,14,16). The highest BCUT2D eigenvalue weighted by Gasteiger charge is 2.30. The van der Waals surface area contributed by atoms with E-state index in [1.54, 1.807) is 6.08 Å². The number of carbonyl (C=O) groups excluding carboxylic acids is 1. The molecule has 19 heavy (non-hydrogen) atoms. The Kier molecular flexibility index (Phi) is 6.51. The zero-order valence-corrected chi connectivity index (χ0v) is 12.4. The predicted molar refractivity (Wildman–Crippen MR) is 76.2 cm³/mol. The van der Waals surface area contributed by atoms with Crippen LogP contribution in [0, 0.1) is 5.92 Å². The number of unbranched alkanes of at least 4 members (excludes halogenated alkanes) is 1. The summed E-state index contributed by atoms with van der Waals surface area (Å²) in [4.78, 5) is 11.8. The van der Waals surface area contributed by atoms with E-state index >= 15 is 0 Å². The van der Waals surface area contributed by atoms with E-state index in [1.165, 1.54) is 4.31 Å². The fourth-order valence-electron chi connectivity index (χ4n) is 2.17. The molecular formula is C13H24N2O3S. The molecule has 0 aromatic carbocycles. The summed E-state index contributed by atoms with van der Waals surface area (Å²) in [5.74, 6) is 0.152. The Morgan fingerprint density at radius 1 is 1.42 bits per heavy atom. The van der Waals surface area contributed by atoms with Crippen LogP contribution in [0.25, 0.3) is 0 Å². The number of nitrogens with one attached hydrogen (secondary N) is 1. The van der Waals surface area contributed by atoms with Crippen molar-refractivity contribution >= 4 is 15.9 Å². The van der Waals surface area contributed by atoms with Gasteiger partial charge in [-0.3, -0.25) is 4.79 Å². The van der Waals surface area contributed by atoms with E-state index in [0.29, 0.717) is 38.9 Å². The number of amides is 1. The first-order chi connectivity index (χ1) is 9.01. The van der Waals surface area contributed by atoms with Crippen molar-refractivity contribution in [1.29, 1.82) is 0 Å². The van der Waals surface area contributed by atoms with Crippen molar-refractivity contribution in [2.24, 2.45) is 5.92 Å². The van der Waals surface area contributed by atoms with Crippen molar-refractivity contribution in [2.75, 3.05) is 25.4 Å². The fraction of sp³-hybridized carbons (Fsp3) is 0.769. The number of rotatable bonds is 7. The lowest BCUT2D eigenvalue weighted by Crippen LogP contribution is -2.43. The van der Waals surface area contributed by atoms with Crippen LogP contribution in [-0.2, 0) is 14.8 Å². The number of carbonyl (C=O) groups is 1. The quantitative estimate of drug-likeness (QED) is 0.714. The monoisotopic (exact) mass is 288 g/mol. The molecule has 0 aromatic heterocycles. The molecule has 5 nitrogen and oxygen atoms in total. The molecule has 0 spiro atoms. The second kappa shape index (κ2) is 7.65. The third kappa shape index (κ3) is 4.95. The molecule has 1 amide bonds. The topological polar surface area (TPSA) is 66.5 Å². The first kappa shape index (κ1) is 16.2. The molecule has 1 aliphatic rings. The van der Waals surface area contributed by atoms with Crippen molar-refractivity contribution in [2.45, 2.75) is 32.6 Å². The van der Waals surface area contributed by atoms with Gasteiger partial charge in [-0.15, -0.1) is 6.58 Å². The molecule has 110 valence electrons. The SMILES string of the molecule is C=CCNC(=O)C1CCN(S(=O)(=O)CCCC)CC1. The van der Waals surface area contributed by atoms with Crippen molar-refractivity contribution in [3.63, 3.8) is 0 Å². The number of hydrogen-bond donors (Lipinski definition) is 1. The van der Waals surface area contributed by atoms with Crippen molar-refractivity contribution < 1.29 is 13.2 Å². The van der Waals surface area contributed by atoms with Gasteiger partial charge in [0.25, 0.3) is 0 Å². The molecule has 1 rings (SSSR count). The Morgan fingerprint density at radius 2 is 2.05 bits per heavy atom. The molecular weight excluding hydrogens is 264 g/mol. The minimum atomic E-state index is -3.13. The van der Waals surface area contributed by atoms with Crippen molar-refractivity contribution in [3.8, 4) is 0 Å². The smallest absolute Gasteiger partial charge is 0.223 e. The lowest BCUT2D eigenvalue weighted by molar-refractivity contribution is -0.125. The number of piperidine rings is 1. The Morgan fingerprint density at radius 3 is 2.58 bits per heavy atom. The van der Waals surface area contributed by atoms with E-state index in [-0.39, 0.29) is 17.6 Å². The molecule has 0 atom stereocenters. The van der Waals surface area contributed by atoms with Crippen LogP contribution in [0.1, 0.15) is 32.6 Å². The predicted octanol–water partition coefficient (Wildman–Crippen LogP) is 1.13. The largest absolute Gasteiger partial charge is 0.352 e. The van der Waals surface area contributed by atoms with Crippen LogP contribution in [-0.4, -0.2) is 44.0 Å². The Hall–Kier alpha value is -0.880. The summed E-state index contributed by atoms with van der Waals surface area (Å²) in [7, 11) is -3.13. The third-order valence-corrected chi connectivity index (χ3v) is 5.35. The molecule has 0 saturated carbocycles. The maximum Gasteiger partial charge on any atom is 0.223 e. The van der Waals surface area contributed by atoms with E-state index < -0.39 is 10.0 Å². The van der Waals surface area contributed by atoms with E-state index in [9.17, 15) is 13.2 Å². The van der Waals surface area contributed by atoms with Crippen LogP contribution in [0.4, 0.5) is 0 Å². The van der Waals surface area contributed by atoms with E-state index in [0.717, 1.165) is 6.42 Å². The second-order valence-electron chi connectivity index (χ2n) is 4.88. The molecule has 0 radical (unpaired) electrons. The van der Waals surface area contributed by atoms with Crippen LogP contribution in [0.5, 0.6) is 0 Å². The highest BCUT2D eigenvalue weighted by Crippen LogP contribution is 2.20. The Balaban J connectivity index is 2.44. The maximum atomic E-state index is 12.0. The van der Waals surface area contributed by atoms with Gasteiger partial charge in [-0.1, -0.05) is 19.4 Å². The lowest BCUT2D eigenvalue weighted by Gasteiger charge is -2.30. The second-order valence-corrected chi connectivity index (χ2v) is 6.97. The zero-order valence-electron chi connectivity index (χ0n) is 11.6. The van der Waals surface area contributed by atoms with Crippen molar-refractivity contribution in [1.82, 2.24) is 9.62 Å². The van der Waals surface area contributed by atoms with E-state index in [4.69, 9.17) is 0 Å². The van der Waals surface area contributed by atoms with Gasteiger partial charge in [0.15, 0.2) is 0 Å². The molecule has 0 aromatic rings. The van der Waals surface area contributed by atoms with E-state index in [1.807, 2.05) is 6.92 Å². The van der Waals surface area contributed by atoms with Crippen LogP contribution in [0.2, 0.25) is 0 Å². The zero-order chi connectivity index (χ0) is 14.3. The first-order valence-electron chi connectivity index (χ1n) is 6.87. The highest BCUT2D eigenvalue weighted by molar-refractivity contribution is 7.89. The normalized spacial score (nSPS) is 18.2. The number of sulfonamides is 1. The minimum absolute atomic E-state index is 0.00510. The summed E-state index contributed by atoms with van der Waals surface area (Å²) >= 11 is 0. The molecule has 6 heteroatoms. The number of nitrogens with zero attached hydrogens (tertiary/aromatic N) is 1. The summed E-state index contributed by atoms with van der Waals surface area (Å²) in [6.07, 6.45) is 4.42. The average Bonchev–Trinajstić information content (AvgIpc) is 2.42. The highest BCUT2D eigenvalue weighted by atomic mass is 32.2. The summed E-state index contributed by atoms with van der Waals surface area (Å²) in [6.45, 7) is 6.91. The Labute approximate surface area is 116 Å². The maximum absolute atomic E-state index is 12.0. The Bertz CT molecular complexity index is 398. The molecule has 0 unspecified atom stereocenters. The summed E-state index contributed by atoms with van der Waals surface area (Å²) in [5, 5.41) is 2.76. The molecule has 1 aliphatic heterocycles.